The lowest BCUT2D eigenvalue weighted by atomic mass is 10.9. The fourth-order valence-electron chi connectivity index (χ4n) is 0.641. The van der Waals surface area contributed by atoms with Crippen molar-refractivity contribution in [3.05, 3.63) is 0 Å². The first-order valence-electron chi connectivity index (χ1n) is 5.89. The van der Waals surface area contributed by atoms with E-state index in [0.29, 0.717) is 19.8 Å². The molecule has 13 heteroatoms. The molecular weight excluding hydrogens is 349 g/mol. The van der Waals surface area contributed by atoms with Crippen LogP contribution in [0.4, 0.5) is 0 Å². The fourth-order valence-corrected chi connectivity index (χ4v) is 2.25. The quantitative estimate of drug-likeness (QED) is 0.463. The van der Waals surface area contributed by atoms with E-state index in [1.165, 1.54) is 0 Å². The summed E-state index contributed by atoms with van der Waals surface area (Å²) in [4.78, 5) is 0. The van der Waals surface area contributed by atoms with Gasteiger partial charge in [0.2, 0.25) is 0 Å². The highest BCUT2D eigenvalue weighted by Gasteiger charge is 2.23. The standard InChI is InChI=1S/C6H15O4P.C2H4O.O5P2/c1-4-8-11(7,9-5-2)10-6-3;1-2-3-1;1-6(2)5-7(3)4/h4-6H2,1-3H3;1-2H2;. The summed E-state index contributed by atoms with van der Waals surface area (Å²) < 4.78 is 70.4. The Morgan fingerprint density at radius 2 is 1.14 bits per heavy atom. The van der Waals surface area contributed by atoms with Gasteiger partial charge in [0, 0.05) is 0 Å². The molecule has 0 radical (unpaired) electrons. The molecule has 1 rings (SSSR count). The average molecular weight is 368 g/mol. The van der Waals surface area contributed by atoms with Gasteiger partial charge in [0.05, 0.1) is 33.0 Å². The first kappa shape index (κ1) is 23.1. The van der Waals surface area contributed by atoms with Crippen LogP contribution in [0.5, 0.6) is 0 Å². The maximum Gasteiger partial charge on any atom is 0.481 e. The van der Waals surface area contributed by atoms with E-state index < -0.39 is 23.6 Å². The Labute approximate surface area is 123 Å². The van der Waals surface area contributed by atoms with Gasteiger partial charge in [-0.1, -0.05) is 0 Å². The number of epoxide rings is 1. The van der Waals surface area contributed by atoms with Gasteiger partial charge >= 0.3 is 23.6 Å². The summed E-state index contributed by atoms with van der Waals surface area (Å²) in [7, 11) is -9.69. The highest BCUT2D eigenvalue weighted by Crippen LogP contribution is 2.48. The molecule has 126 valence electrons. The molecule has 0 aromatic heterocycles. The molecule has 1 heterocycles. The molecular formula is C8H19O10P3. The van der Waals surface area contributed by atoms with Crippen molar-refractivity contribution in [2.24, 2.45) is 0 Å². The highest BCUT2D eigenvalue weighted by molar-refractivity contribution is 7.48. The SMILES string of the molecule is C1CO1.CCOP(=O)(OCC)OCC.O=P(=O)OP(=O)=O. The van der Waals surface area contributed by atoms with Crippen LogP contribution in [0.2, 0.25) is 0 Å². The molecule has 1 aliphatic rings. The summed E-state index contributed by atoms with van der Waals surface area (Å²) in [6.07, 6.45) is 0. The second-order valence-corrected chi connectivity index (χ2v) is 6.06. The largest absolute Gasteiger partial charge is 0.481 e. The van der Waals surface area contributed by atoms with Gasteiger partial charge in [0.15, 0.2) is 0 Å². The second kappa shape index (κ2) is 14.8. The summed E-state index contributed by atoms with van der Waals surface area (Å²) >= 11 is 0. The van der Waals surface area contributed by atoms with Crippen molar-refractivity contribution in [3.63, 3.8) is 0 Å². The van der Waals surface area contributed by atoms with Crippen LogP contribution in [-0.4, -0.2) is 33.0 Å². The molecule has 0 aromatic carbocycles. The van der Waals surface area contributed by atoms with Crippen LogP contribution in [0, 0.1) is 0 Å². The number of phosphoric acid groups is 1. The Morgan fingerprint density at radius 1 is 0.857 bits per heavy atom. The van der Waals surface area contributed by atoms with Crippen LogP contribution < -0.4 is 0 Å². The van der Waals surface area contributed by atoms with E-state index >= 15 is 0 Å². The third kappa shape index (κ3) is 22.3. The van der Waals surface area contributed by atoms with Crippen LogP contribution in [0.15, 0.2) is 0 Å². The van der Waals surface area contributed by atoms with Gasteiger partial charge in [-0.25, -0.2) is 22.8 Å². The van der Waals surface area contributed by atoms with E-state index in [-0.39, 0.29) is 0 Å². The molecule has 0 unspecified atom stereocenters. The lowest BCUT2D eigenvalue weighted by Crippen LogP contribution is -1.99. The Balaban J connectivity index is 0. The van der Waals surface area contributed by atoms with Crippen LogP contribution in [0.25, 0.3) is 0 Å². The minimum absolute atomic E-state index is 0.331. The molecule has 0 bridgehead atoms. The van der Waals surface area contributed by atoms with Gasteiger partial charge in [0.25, 0.3) is 0 Å². The average Bonchev–Trinajstić information content (AvgIpc) is 3.15. The topological polar surface area (TPSA) is 135 Å². The lowest BCUT2D eigenvalue weighted by molar-refractivity contribution is 0.126. The normalized spacial score (nSPS) is 12.3. The van der Waals surface area contributed by atoms with Gasteiger partial charge in [0.1, 0.15) is 0 Å². The van der Waals surface area contributed by atoms with E-state index in [2.05, 4.69) is 9.05 Å². The lowest BCUT2D eigenvalue weighted by Gasteiger charge is -2.14. The zero-order valence-electron chi connectivity index (χ0n) is 12.0. The van der Waals surface area contributed by atoms with Crippen molar-refractivity contribution in [2.45, 2.75) is 20.8 Å². The summed E-state index contributed by atoms with van der Waals surface area (Å²) in [6.45, 7) is 8.21. The zero-order chi connectivity index (χ0) is 16.7. The summed E-state index contributed by atoms with van der Waals surface area (Å²) in [6, 6.07) is 0. The molecule has 21 heavy (non-hydrogen) atoms. The van der Waals surface area contributed by atoms with Gasteiger partial charge in [-0.15, -0.1) is 0 Å². The molecule has 0 aliphatic carbocycles. The van der Waals surface area contributed by atoms with Gasteiger partial charge in [-0.3, -0.25) is 13.6 Å². The fraction of sp³-hybridized carbons (Fsp3) is 1.00. The van der Waals surface area contributed by atoms with E-state index in [4.69, 9.17) is 13.6 Å². The van der Waals surface area contributed by atoms with Crippen molar-refractivity contribution >= 4 is 23.6 Å². The molecule has 1 fully saturated rings. The van der Waals surface area contributed by atoms with Gasteiger partial charge in [-0.2, -0.15) is 4.31 Å². The molecule has 0 amide bonds. The van der Waals surface area contributed by atoms with E-state index in [1.54, 1.807) is 20.8 Å². The van der Waals surface area contributed by atoms with Crippen molar-refractivity contribution in [1.29, 1.82) is 0 Å². The highest BCUT2D eigenvalue weighted by atomic mass is 31.2. The van der Waals surface area contributed by atoms with Crippen LogP contribution in [0.3, 0.4) is 0 Å². The van der Waals surface area contributed by atoms with Gasteiger partial charge in [-0.05, 0) is 20.8 Å². The molecule has 0 spiro atoms. The Bertz CT molecular complexity index is 365. The Hall–Kier alpha value is -0.170. The first-order chi connectivity index (χ1) is 9.81. The summed E-state index contributed by atoms with van der Waals surface area (Å²) in [5.74, 6) is 0. The maximum atomic E-state index is 11.3. The third-order valence-corrected chi connectivity index (χ3v) is 3.99. The predicted molar refractivity (Wildman–Crippen MR) is 71.0 cm³/mol. The maximum absolute atomic E-state index is 11.3. The van der Waals surface area contributed by atoms with Crippen LogP contribution in [0.1, 0.15) is 20.8 Å². The summed E-state index contributed by atoms with van der Waals surface area (Å²) in [5.41, 5.74) is 0. The van der Waals surface area contributed by atoms with Gasteiger partial charge < -0.3 is 4.74 Å². The monoisotopic (exact) mass is 368 g/mol. The van der Waals surface area contributed by atoms with Crippen LogP contribution >= 0.6 is 23.6 Å². The molecule has 10 nitrogen and oxygen atoms in total. The Kier molecular flexibility index (Phi) is 16.2. The number of hydrogen-bond donors (Lipinski definition) is 0. The van der Waals surface area contributed by atoms with Crippen molar-refractivity contribution in [3.8, 4) is 0 Å². The number of hydrogen-bond acceptors (Lipinski definition) is 10. The number of phosphoric ester groups is 1. The van der Waals surface area contributed by atoms with E-state index in [0.717, 1.165) is 13.2 Å². The van der Waals surface area contributed by atoms with Crippen LogP contribution in [-0.2, 0) is 45.4 Å². The molecule has 0 aromatic rings. The molecule has 1 aliphatic heterocycles. The molecule has 1 saturated heterocycles. The van der Waals surface area contributed by atoms with E-state index in [9.17, 15) is 22.8 Å². The third-order valence-electron chi connectivity index (χ3n) is 1.20. The Morgan fingerprint density at radius 3 is 1.24 bits per heavy atom. The predicted octanol–water partition coefficient (Wildman–Crippen LogP) is 3.40. The smallest absolute Gasteiger partial charge is 0.377 e. The minimum Gasteiger partial charge on any atom is -0.377 e. The van der Waals surface area contributed by atoms with Crippen molar-refractivity contribution in [1.82, 2.24) is 0 Å². The summed E-state index contributed by atoms with van der Waals surface area (Å²) in [5, 5.41) is 0. The number of rotatable bonds is 8. The number of ether oxygens (including phenoxy) is 1. The van der Waals surface area contributed by atoms with Crippen molar-refractivity contribution < 1.29 is 45.4 Å². The second-order valence-electron chi connectivity index (χ2n) is 2.84. The van der Waals surface area contributed by atoms with E-state index in [1.807, 2.05) is 0 Å². The molecule has 0 N–H and O–H groups in total. The molecule has 0 atom stereocenters. The molecule has 0 saturated carbocycles. The first-order valence-corrected chi connectivity index (χ1v) is 9.54. The zero-order valence-corrected chi connectivity index (χ0v) is 14.6. The minimum atomic E-state index is -3.24. The van der Waals surface area contributed by atoms with Crippen molar-refractivity contribution in [2.75, 3.05) is 33.0 Å².